The summed E-state index contributed by atoms with van der Waals surface area (Å²) in [5.74, 6) is 0. The van der Waals surface area contributed by atoms with Gasteiger partial charge >= 0.3 is 0 Å². The molecule has 4 aromatic rings. The van der Waals surface area contributed by atoms with E-state index in [4.69, 9.17) is 0 Å². The van der Waals surface area contributed by atoms with Crippen LogP contribution in [0.15, 0.2) is 60.7 Å². The fraction of sp³-hybridized carbons (Fsp3) is 0.308. The molecule has 0 atom stereocenters. The Labute approximate surface area is 156 Å². The van der Waals surface area contributed by atoms with E-state index in [1.54, 1.807) is 0 Å². The van der Waals surface area contributed by atoms with Crippen LogP contribution in [0.3, 0.4) is 0 Å². The highest BCUT2D eigenvalue weighted by Gasteiger charge is 2.22. The van der Waals surface area contributed by atoms with Gasteiger partial charge < -0.3 is 0 Å². The Kier molecular flexibility index (Phi) is 3.67. The Bertz CT molecular complexity index is 1040. The van der Waals surface area contributed by atoms with E-state index in [0.717, 1.165) is 0 Å². The van der Waals surface area contributed by atoms with Gasteiger partial charge in [0.15, 0.2) is 0 Å². The molecule has 0 radical (unpaired) electrons. The lowest BCUT2D eigenvalue weighted by atomic mass is 9.78. The molecule has 4 rings (SSSR count). The topological polar surface area (TPSA) is 0 Å². The molecule has 0 N–H and O–H groups in total. The molecular weight excluding hydrogens is 312 g/mol. The SMILES string of the molecule is CC(C)(C)c1cc2cc(C(C)(C)C)c3ccccc3c2c2ccccc12. The first-order valence-electron chi connectivity index (χ1n) is 9.56. The van der Waals surface area contributed by atoms with E-state index in [0.29, 0.717) is 0 Å². The lowest BCUT2D eigenvalue weighted by Gasteiger charge is -2.26. The second-order valence-electron chi connectivity index (χ2n) is 9.54. The van der Waals surface area contributed by atoms with E-state index < -0.39 is 0 Å². The van der Waals surface area contributed by atoms with Crippen LogP contribution in [0.4, 0.5) is 0 Å². The molecular formula is C26H28. The van der Waals surface area contributed by atoms with Crippen molar-refractivity contribution in [2.75, 3.05) is 0 Å². The van der Waals surface area contributed by atoms with Gasteiger partial charge in [-0.2, -0.15) is 0 Å². The molecule has 0 saturated carbocycles. The molecule has 0 aromatic heterocycles. The first-order chi connectivity index (χ1) is 12.2. The van der Waals surface area contributed by atoms with Crippen LogP contribution in [0.2, 0.25) is 0 Å². The highest BCUT2D eigenvalue weighted by Crippen LogP contribution is 2.41. The molecule has 0 saturated heterocycles. The zero-order valence-corrected chi connectivity index (χ0v) is 16.8. The van der Waals surface area contributed by atoms with Crippen molar-refractivity contribution in [3.63, 3.8) is 0 Å². The van der Waals surface area contributed by atoms with Crippen molar-refractivity contribution in [2.24, 2.45) is 0 Å². The van der Waals surface area contributed by atoms with E-state index in [1.807, 2.05) is 0 Å². The molecule has 132 valence electrons. The van der Waals surface area contributed by atoms with Gasteiger partial charge in [0.05, 0.1) is 0 Å². The van der Waals surface area contributed by atoms with Crippen molar-refractivity contribution in [1.82, 2.24) is 0 Å². The number of hydrogen-bond donors (Lipinski definition) is 0. The molecule has 0 heteroatoms. The molecule has 4 aromatic carbocycles. The smallest absolute Gasteiger partial charge is 0.00264 e. The standard InChI is InChI=1S/C26H28/c1-25(2,3)22-15-17-16-23(26(4,5)6)19-12-8-10-14-21(19)24(17)20-13-9-7-11-18(20)22/h7-16H,1-6H3. The maximum atomic E-state index is 2.43. The predicted octanol–water partition coefficient (Wildman–Crippen LogP) is 7.74. The normalized spacial score (nSPS) is 13.0. The average Bonchev–Trinajstić information content (AvgIpc) is 2.58. The van der Waals surface area contributed by atoms with Crippen LogP contribution in [0, 0.1) is 0 Å². The maximum absolute atomic E-state index is 2.43. The third-order valence-corrected chi connectivity index (χ3v) is 5.48. The number of fused-ring (bicyclic) bond motifs is 5. The summed E-state index contributed by atoms with van der Waals surface area (Å²) in [4.78, 5) is 0. The first kappa shape index (κ1) is 17.1. The number of rotatable bonds is 0. The lowest BCUT2D eigenvalue weighted by Crippen LogP contribution is -2.13. The summed E-state index contributed by atoms with van der Waals surface area (Å²) in [6, 6.07) is 22.7. The van der Waals surface area contributed by atoms with Crippen LogP contribution in [0.1, 0.15) is 52.7 Å². The second kappa shape index (κ2) is 5.58. The van der Waals surface area contributed by atoms with E-state index in [1.165, 1.54) is 43.4 Å². The fourth-order valence-electron chi connectivity index (χ4n) is 4.22. The third-order valence-electron chi connectivity index (χ3n) is 5.48. The Morgan fingerprint density at radius 2 is 0.846 bits per heavy atom. The molecule has 0 nitrogen and oxygen atoms in total. The van der Waals surface area contributed by atoms with Gasteiger partial charge in [0.25, 0.3) is 0 Å². The molecule has 0 aliphatic rings. The van der Waals surface area contributed by atoms with Gasteiger partial charge in [0.2, 0.25) is 0 Å². The number of benzene rings is 4. The highest BCUT2D eigenvalue weighted by atomic mass is 14.3. The van der Waals surface area contributed by atoms with E-state index in [2.05, 4.69) is 102 Å². The first-order valence-corrected chi connectivity index (χ1v) is 9.56. The second-order valence-corrected chi connectivity index (χ2v) is 9.54. The van der Waals surface area contributed by atoms with E-state index in [9.17, 15) is 0 Å². The van der Waals surface area contributed by atoms with Gasteiger partial charge in [-0.3, -0.25) is 0 Å². The van der Waals surface area contributed by atoms with Crippen LogP contribution < -0.4 is 0 Å². The predicted molar refractivity (Wildman–Crippen MR) is 116 cm³/mol. The summed E-state index contributed by atoms with van der Waals surface area (Å²) in [6.45, 7) is 13.9. The largest absolute Gasteiger partial charge is 0.0616 e. The van der Waals surface area contributed by atoms with Crippen LogP contribution in [0.25, 0.3) is 32.3 Å². The minimum absolute atomic E-state index is 0.112. The summed E-state index contributed by atoms with van der Waals surface area (Å²) < 4.78 is 0. The monoisotopic (exact) mass is 340 g/mol. The zero-order chi connectivity index (χ0) is 18.7. The van der Waals surface area contributed by atoms with Gasteiger partial charge in [-0.25, -0.2) is 0 Å². The quantitative estimate of drug-likeness (QED) is 0.287. The van der Waals surface area contributed by atoms with E-state index >= 15 is 0 Å². The van der Waals surface area contributed by atoms with Crippen LogP contribution in [-0.4, -0.2) is 0 Å². The highest BCUT2D eigenvalue weighted by molar-refractivity contribution is 6.21. The molecule has 0 spiro atoms. The summed E-state index contributed by atoms with van der Waals surface area (Å²) in [6.07, 6.45) is 0. The van der Waals surface area contributed by atoms with Crippen molar-refractivity contribution in [1.29, 1.82) is 0 Å². The minimum atomic E-state index is 0.112. The van der Waals surface area contributed by atoms with Crippen molar-refractivity contribution < 1.29 is 0 Å². The summed E-state index contributed by atoms with van der Waals surface area (Å²) in [5.41, 5.74) is 3.08. The molecule has 0 aliphatic heterocycles. The van der Waals surface area contributed by atoms with Gasteiger partial charge in [-0.1, -0.05) is 90.1 Å². The molecule has 0 heterocycles. The van der Waals surface area contributed by atoms with Crippen molar-refractivity contribution in [3.05, 3.63) is 71.8 Å². The fourth-order valence-corrected chi connectivity index (χ4v) is 4.22. The number of hydrogen-bond acceptors (Lipinski definition) is 0. The van der Waals surface area contributed by atoms with Gasteiger partial charge in [0, 0.05) is 0 Å². The minimum Gasteiger partial charge on any atom is -0.0616 e. The maximum Gasteiger partial charge on any atom is -0.00264 e. The molecule has 0 bridgehead atoms. The van der Waals surface area contributed by atoms with Gasteiger partial charge in [-0.05, 0) is 66.4 Å². The van der Waals surface area contributed by atoms with Gasteiger partial charge in [-0.15, -0.1) is 0 Å². The van der Waals surface area contributed by atoms with E-state index in [-0.39, 0.29) is 10.8 Å². The molecule has 0 unspecified atom stereocenters. The summed E-state index contributed by atoms with van der Waals surface area (Å²) >= 11 is 0. The average molecular weight is 341 g/mol. The zero-order valence-electron chi connectivity index (χ0n) is 16.8. The molecule has 0 fully saturated rings. The van der Waals surface area contributed by atoms with Crippen LogP contribution >= 0.6 is 0 Å². The Hall–Kier alpha value is -2.34. The Morgan fingerprint density at radius 3 is 1.19 bits per heavy atom. The van der Waals surface area contributed by atoms with Crippen molar-refractivity contribution >= 4 is 32.3 Å². The summed E-state index contributed by atoms with van der Waals surface area (Å²) in [7, 11) is 0. The van der Waals surface area contributed by atoms with Crippen molar-refractivity contribution in [3.8, 4) is 0 Å². The molecule has 0 amide bonds. The third kappa shape index (κ3) is 2.60. The lowest BCUT2D eigenvalue weighted by molar-refractivity contribution is 0.595. The van der Waals surface area contributed by atoms with Crippen molar-refractivity contribution in [2.45, 2.75) is 52.4 Å². The summed E-state index contributed by atoms with van der Waals surface area (Å²) in [5, 5.41) is 8.23. The Balaban J connectivity index is 2.31. The van der Waals surface area contributed by atoms with Crippen LogP contribution in [0.5, 0.6) is 0 Å². The molecule has 26 heavy (non-hydrogen) atoms. The Morgan fingerprint density at radius 1 is 0.500 bits per heavy atom. The van der Waals surface area contributed by atoms with Crippen LogP contribution in [-0.2, 0) is 10.8 Å². The molecule has 0 aliphatic carbocycles. The van der Waals surface area contributed by atoms with Gasteiger partial charge in [0.1, 0.15) is 0 Å².